The van der Waals surface area contributed by atoms with Gasteiger partial charge in [0.2, 0.25) is 0 Å². The molecule has 0 aromatic heterocycles. The van der Waals surface area contributed by atoms with Crippen LogP contribution in [0.25, 0.3) is 11.1 Å². The molecule has 3 aromatic carbocycles. The van der Waals surface area contributed by atoms with Crippen LogP contribution in [-0.2, 0) is 10.0 Å². The maximum absolute atomic E-state index is 12.6. The molecule has 0 aliphatic carbocycles. The molecule has 0 aliphatic rings. The summed E-state index contributed by atoms with van der Waals surface area (Å²) in [4.78, 5) is 0.196. The highest BCUT2D eigenvalue weighted by atomic mass is 35.5. The van der Waals surface area contributed by atoms with E-state index < -0.39 is 10.0 Å². The van der Waals surface area contributed by atoms with E-state index in [-0.39, 0.29) is 4.90 Å². The van der Waals surface area contributed by atoms with E-state index in [1.165, 1.54) is 0 Å². The maximum atomic E-state index is 12.6. The molecule has 0 fully saturated rings. The topological polar surface area (TPSA) is 46.2 Å². The zero-order valence-corrected chi connectivity index (χ0v) is 14.7. The number of hydrogen-bond acceptors (Lipinski definition) is 2. The third-order valence-electron chi connectivity index (χ3n) is 3.45. The zero-order chi connectivity index (χ0) is 17.2. The minimum atomic E-state index is -3.68. The van der Waals surface area contributed by atoms with Gasteiger partial charge in [0.15, 0.2) is 0 Å². The van der Waals surface area contributed by atoms with Crippen LogP contribution in [0, 0.1) is 0 Å². The fourth-order valence-electron chi connectivity index (χ4n) is 2.32. The molecule has 24 heavy (non-hydrogen) atoms. The Morgan fingerprint density at radius 1 is 0.750 bits per heavy atom. The molecular weight excluding hydrogens is 365 g/mol. The molecule has 3 nitrogen and oxygen atoms in total. The second-order valence-electron chi connectivity index (χ2n) is 5.09. The summed E-state index contributed by atoms with van der Waals surface area (Å²) in [5.41, 5.74) is 1.83. The van der Waals surface area contributed by atoms with Crippen LogP contribution in [0.5, 0.6) is 0 Å². The lowest BCUT2D eigenvalue weighted by atomic mass is 10.0. The molecule has 3 aromatic rings. The molecule has 0 unspecified atom stereocenters. The first kappa shape index (κ1) is 16.8. The van der Waals surface area contributed by atoms with E-state index in [0.29, 0.717) is 26.9 Å². The molecule has 3 rings (SSSR count). The third-order valence-corrected chi connectivity index (χ3v) is 5.38. The Morgan fingerprint density at radius 3 is 2.12 bits per heavy atom. The number of halogens is 2. The molecule has 0 saturated heterocycles. The van der Waals surface area contributed by atoms with Crippen molar-refractivity contribution in [3.05, 3.63) is 82.8 Å². The van der Waals surface area contributed by atoms with E-state index in [4.69, 9.17) is 23.2 Å². The van der Waals surface area contributed by atoms with Crippen LogP contribution in [0.3, 0.4) is 0 Å². The van der Waals surface area contributed by atoms with Crippen molar-refractivity contribution in [2.45, 2.75) is 4.90 Å². The minimum Gasteiger partial charge on any atom is -0.279 e. The van der Waals surface area contributed by atoms with Crippen LogP contribution in [0.4, 0.5) is 5.69 Å². The van der Waals surface area contributed by atoms with Gasteiger partial charge in [-0.05, 0) is 30.3 Å². The van der Waals surface area contributed by atoms with Gasteiger partial charge in [0.1, 0.15) is 0 Å². The van der Waals surface area contributed by atoms with Crippen LogP contribution in [0.15, 0.2) is 77.7 Å². The van der Waals surface area contributed by atoms with Crippen molar-refractivity contribution in [1.29, 1.82) is 0 Å². The summed E-state index contributed by atoms with van der Waals surface area (Å²) in [6.07, 6.45) is 0. The highest BCUT2D eigenvalue weighted by molar-refractivity contribution is 7.92. The van der Waals surface area contributed by atoms with Crippen molar-refractivity contribution in [3.63, 3.8) is 0 Å². The van der Waals surface area contributed by atoms with Crippen molar-refractivity contribution < 1.29 is 8.42 Å². The molecular formula is C18H13Cl2NO2S. The molecule has 122 valence electrons. The quantitative estimate of drug-likeness (QED) is 0.655. The molecule has 0 atom stereocenters. The van der Waals surface area contributed by atoms with Crippen molar-refractivity contribution in [2.75, 3.05) is 4.72 Å². The summed E-state index contributed by atoms with van der Waals surface area (Å²) in [5, 5.41) is 0.972. The van der Waals surface area contributed by atoms with E-state index in [9.17, 15) is 8.42 Å². The Kier molecular flexibility index (Phi) is 4.81. The van der Waals surface area contributed by atoms with Crippen LogP contribution < -0.4 is 4.72 Å². The van der Waals surface area contributed by atoms with E-state index >= 15 is 0 Å². The summed E-state index contributed by atoms with van der Waals surface area (Å²) < 4.78 is 27.7. The van der Waals surface area contributed by atoms with Crippen molar-refractivity contribution in [3.8, 4) is 11.1 Å². The standard InChI is InChI=1S/C18H13Cl2NO2S/c19-13-10-11-15(17(20)12-13)16-8-4-5-9-18(16)21-24(22,23)14-6-2-1-3-7-14/h1-12,21H. The summed E-state index contributed by atoms with van der Waals surface area (Å²) in [6, 6.07) is 20.4. The molecule has 0 spiro atoms. The molecule has 0 heterocycles. The van der Waals surface area contributed by atoms with Gasteiger partial charge in [-0.1, -0.05) is 65.7 Å². The van der Waals surface area contributed by atoms with Crippen molar-refractivity contribution in [2.24, 2.45) is 0 Å². The van der Waals surface area contributed by atoms with Crippen LogP contribution in [-0.4, -0.2) is 8.42 Å². The van der Waals surface area contributed by atoms with E-state index in [2.05, 4.69) is 4.72 Å². The predicted octanol–water partition coefficient (Wildman–Crippen LogP) is 5.46. The van der Waals surface area contributed by atoms with E-state index in [1.54, 1.807) is 66.7 Å². The van der Waals surface area contributed by atoms with Gasteiger partial charge in [0, 0.05) is 21.2 Å². The lowest BCUT2D eigenvalue weighted by Gasteiger charge is -2.14. The zero-order valence-electron chi connectivity index (χ0n) is 12.4. The van der Waals surface area contributed by atoms with Gasteiger partial charge in [-0.2, -0.15) is 0 Å². The fraction of sp³-hybridized carbons (Fsp3) is 0. The smallest absolute Gasteiger partial charge is 0.261 e. The van der Waals surface area contributed by atoms with Crippen LogP contribution in [0.1, 0.15) is 0 Å². The number of hydrogen-bond donors (Lipinski definition) is 1. The van der Waals surface area contributed by atoms with Gasteiger partial charge >= 0.3 is 0 Å². The van der Waals surface area contributed by atoms with Crippen LogP contribution >= 0.6 is 23.2 Å². The SMILES string of the molecule is O=S(=O)(Nc1ccccc1-c1ccc(Cl)cc1Cl)c1ccccc1. The highest BCUT2D eigenvalue weighted by Crippen LogP contribution is 2.35. The number of sulfonamides is 1. The number of rotatable bonds is 4. The lowest BCUT2D eigenvalue weighted by Crippen LogP contribution is -2.13. The van der Waals surface area contributed by atoms with Gasteiger partial charge in [0.25, 0.3) is 10.0 Å². The average Bonchev–Trinajstić information content (AvgIpc) is 2.56. The summed E-state index contributed by atoms with van der Waals surface area (Å²) >= 11 is 12.2. The van der Waals surface area contributed by atoms with Crippen molar-refractivity contribution >= 4 is 38.9 Å². The Hall–Kier alpha value is -2.01. The fourth-order valence-corrected chi connectivity index (χ4v) is 3.93. The predicted molar refractivity (Wildman–Crippen MR) is 99.1 cm³/mol. The second-order valence-corrected chi connectivity index (χ2v) is 7.61. The minimum absolute atomic E-state index is 0.196. The summed E-state index contributed by atoms with van der Waals surface area (Å²) in [5.74, 6) is 0. The largest absolute Gasteiger partial charge is 0.279 e. The number of nitrogens with one attached hydrogen (secondary N) is 1. The van der Waals surface area contributed by atoms with Crippen molar-refractivity contribution in [1.82, 2.24) is 0 Å². The molecule has 0 amide bonds. The molecule has 0 saturated carbocycles. The lowest BCUT2D eigenvalue weighted by molar-refractivity contribution is 0.601. The number of anilines is 1. The van der Waals surface area contributed by atoms with Gasteiger partial charge in [-0.25, -0.2) is 8.42 Å². The second kappa shape index (κ2) is 6.85. The molecule has 0 bridgehead atoms. The Balaban J connectivity index is 2.05. The first-order valence-electron chi connectivity index (χ1n) is 7.10. The Bertz CT molecular complexity index is 973. The highest BCUT2D eigenvalue weighted by Gasteiger charge is 2.17. The monoisotopic (exact) mass is 377 g/mol. The van der Waals surface area contributed by atoms with Gasteiger partial charge in [-0.15, -0.1) is 0 Å². The average molecular weight is 378 g/mol. The summed E-state index contributed by atoms with van der Waals surface area (Å²) in [6.45, 7) is 0. The van der Waals surface area contributed by atoms with Crippen LogP contribution in [0.2, 0.25) is 10.0 Å². The molecule has 0 radical (unpaired) electrons. The van der Waals surface area contributed by atoms with Gasteiger partial charge in [0.05, 0.1) is 10.6 Å². The summed E-state index contributed by atoms with van der Waals surface area (Å²) in [7, 11) is -3.68. The Labute approximate surface area is 150 Å². The van der Waals surface area contributed by atoms with Gasteiger partial charge in [-0.3, -0.25) is 4.72 Å². The maximum Gasteiger partial charge on any atom is 0.261 e. The number of benzene rings is 3. The van der Waals surface area contributed by atoms with Gasteiger partial charge < -0.3 is 0 Å². The third kappa shape index (κ3) is 3.56. The first-order valence-corrected chi connectivity index (χ1v) is 9.33. The van der Waals surface area contributed by atoms with E-state index in [0.717, 1.165) is 0 Å². The molecule has 6 heteroatoms. The molecule has 0 aliphatic heterocycles. The normalized spacial score (nSPS) is 11.2. The number of para-hydroxylation sites is 1. The van der Waals surface area contributed by atoms with E-state index in [1.807, 2.05) is 6.07 Å². The Morgan fingerprint density at radius 2 is 1.42 bits per heavy atom. The molecule has 1 N–H and O–H groups in total. The first-order chi connectivity index (χ1) is 11.5.